The first-order valence-corrected chi connectivity index (χ1v) is 9.65. The first-order chi connectivity index (χ1) is 12.2. The molecule has 5 nitrogen and oxygen atoms in total. The van der Waals surface area contributed by atoms with E-state index in [9.17, 15) is 0 Å². The molecule has 0 amide bonds. The van der Waals surface area contributed by atoms with Crippen molar-refractivity contribution in [2.24, 2.45) is 0 Å². The zero-order valence-corrected chi connectivity index (χ0v) is 15.3. The molecule has 25 heavy (non-hydrogen) atoms. The molecule has 4 aromatic rings. The maximum atomic E-state index is 4.86. The molecule has 0 unspecified atom stereocenters. The molecule has 5 heterocycles. The Morgan fingerprint density at radius 1 is 1.12 bits per heavy atom. The smallest absolute Gasteiger partial charge is 0.146 e. The summed E-state index contributed by atoms with van der Waals surface area (Å²) in [6.45, 7) is 6.34. The maximum Gasteiger partial charge on any atom is 0.146 e. The molecular formula is C19H21N5S. The summed E-state index contributed by atoms with van der Waals surface area (Å²) in [7, 11) is 0. The molecule has 5 rings (SSSR count). The van der Waals surface area contributed by atoms with E-state index in [-0.39, 0.29) is 0 Å². The van der Waals surface area contributed by atoms with Gasteiger partial charge in [0.25, 0.3) is 0 Å². The van der Waals surface area contributed by atoms with Crippen molar-refractivity contribution in [2.45, 2.75) is 32.7 Å². The van der Waals surface area contributed by atoms with E-state index >= 15 is 0 Å². The number of piperidine rings is 1. The molecule has 6 heteroatoms. The van der Waals surface area contributed by atoms with E-state index in [0.29, 0.717) is 6.04 Å². The third kappa shape index (κ3) is 2.56. The Bertz CT molecular complexity index is 1030. The lowest BCUT2D eigenvalue weighted by Gasteiger charge is -2.22. The van der Waals surface area contributed by atoms with Gasteiger partial charge in [-0.05, 0) is 57.5 Å². The van der Waals surface area contributed by atoms with Crippen molar-refractivity contribution >= 4 is 27.2 Å². The van der Waals surface area contributed by atoms with Crippen LogP contribution in [0.15, 0.2) is 30.7 Å². The van der Waals surface area contributed by atoms with Crippen molar-refractivity contribution < 1.29 is 0 Å². The largest absolute Gasteiger partial charge is 0.317 e. The third-order valence-electron chi connectivity index (χ3n) is 5.04. The summed E-state index contributed by atoms with van der Waals surface area (Å²) in [5.74, 6) is 0. The van der Waals surface area contributed by atoms with Crippen LogP contribution in [0.4, 0.5) is 0 Å². The summed E-state index contributed by atoms with van der Waals surface area (Å²) in [4.78, 5) is 6.99. The molecule has 0 spiro atoms. The minimum atomic E-state index is 0.539. The van der Waals surface area contributed by atoms with Gasteiger partial charge in [-0.25, -0.2) is 4.98 Å². The predicted molar refractivity (Wildman–Crippen MR) is 102 cm³/mol. The van der Waals surface area contributed by atoms with E-state index < -0.39 is 0 Å². The molecular weight excluding hydrogens is 330 g/mol. The lowest BCUT2D eigenvalue weighted by atomic mass is 10.1. The Hall–Kier alpha value is -2.18. The lowest BCUT2D eigenvalue weighted by Crippen LogP contribution is -2.29. The standard InChI is InChI=1S/C19H21N5S/c1-12-7-14(10-23-9-13(2)21-18(12)23)17-8-15-11-24(22-19(15)25-17)16-3-5-20-6-4-16/h7-11,16,20H,3-6H2,1-2H3. The van der Waals surface area contributed by atoms with Crippen LogP contribution in [0.25, 0.3) is 26.3 Å². The van der Waals surface area contributed by atoms with Crippen LogP contribution >= 0.6 is 11.3 Å². The summed E-state index contributed by atoms with van der Waals surface area (Å²) in [5.41, 5.74) is 4.53. The maximum absolute atomic E-state index is 4.86. The normalized spacial score (nSPS) is 16.2. The molecule has 0 atom stereocenters. The number of thiophene rings is 1. The molecule has 1 fully saturated rings. The highest BCUT2D eigenvalue weighted by molar-refractivity contribution is 7.21. The Kier molecular flexibility index (Phi) is 3.43. The fourth-order valence-electron chi connectivity index (χ4n) is 3.77. The van der Waals surface area contributed by atoms with Gasteiger partial charge in [-0.3, -0.25) is 4.68 Å². The second kappa shape index (κ2) is 5.68. The monoisotopic (exact) mass is 351 g/mol. The highest BCUT2D eigenvalue weighted by atomic mass is 32.1. The van der Waals surface area contributed by atoms with Crippen molar-refractivity contribution in [3.63, 3.8) is 0 Å². The minimum absolute atomic E-state index is 0.539. The van der Waals surface area contributed by atoms with Crippen LogP contribution in [-0.2, 0) is 0 Å². The van der Waals surface area contributed by atoms with Gasteiger partial charge in [0.15, 0.2) is 0 Å². The van der Waals surface area contributed by atoms with E-state index in [1.807, 2.05) is 6.92 Å². The molecule has 0 aliphatic carbocycles. The van der Waals surface area contributed by atoms with Crippen LogP contribution in [0.5, 0.6) is 0 Å². The van der Waals surface area contributed by atoms with Gasteiger partial charge < -0.3 is 9.72 Å². The van der Waals surface area contributed by atoms with Crippen LogP contribution in [0, 0.1) is 13.8 Å². The molecule has 0 radical (unpaired) electrons. The Labute approximate surface area is 150 Å². The highest BCUT2D eigenvalue weighted by Crippen LogP contribution is 2.34. The summed E-state index contributed by atoms with van der Waals surface area (Å²) in [6.07, 6.45) is 8.81. The fourth-order valence-corrected chi connectivity index (χ4v) is 4.76. The number of aryl methyl sites for hydroxylation is 2. The van der Waals surface area contributed by atoms with Gasteiger partial charge in [-0.2, -0.15) is 5.10 Å². The molecule has 0 bridgehead atoms. The average molecular weight is 351 g/mol. The SMILES string of the molecule is Cc1cn2cc(-c3cc4cn(C5CCNCC5)nc4s3)cc(C)c2n1. The lowest BCUT2D eigenvalue weighted by molar-refractivity contribution is 0.345. The molecule has 0 aromatic carbocycles. The number of imidazole rings is 1. The van der Waals surface area contributed by atoms with Gasteiger partial charge in [-0.15, -0.1) is 11.3 Å². The van der Waals surface area contributed by atoms with Gasteiger partial charge >= 0.3 is 0 Å². The number of rotatable bonds is 2. The summed E-state index contributed by atoms with van der Waals surface area (Å²) < 4.78 is 4.31. The van der Waals surface area contributed by atoms with Crippen molar-refractivity contribution in [3.8, 4) is 10.4 Å². The van der Waals surface area contributed by atoms with Crippen molar-refractivity contribution in [1.29, 1.82) is 0 Å². The topological polar surface area (TPSA) is 47.1 Å². The van der Waals surface area contributed by atoms with Crippen LogP contribution in [0.3, 0.4) is 0 Å². The molecule has 128 valence electrons. The highest BCUT2D eigenvalue weighted by Gasteiger charge is 2.18. The summed E-state index contributed by atoms with van der Waals surface area (Å²) in [5, 5.41) is 9.53. The second-order valence-corrected chi connectivity index (χ2v) is 8.02. The number of pyridine rings is 1. The minimum Gasteiger partial charge on any atom is -0.317 e. The Morgan fingerprint density at radius 3 is 2.76 bits per heavy atom. The van der Waals surface area contributed by atoms with E-state index in [1.165, 1.54) is 21.4 Å². The summed E-state index contributed by atoms with van der Waals surface area (Å²) in [6, 6.07) is 5.04. The first-order valence-electron chi connectivity index (χ1n) is 8.83. The van der Waals surface area contributed by atoms with Gasteiger partial charge in [0, 0.05) is 34.4 Å². The molecule has 4 aromatic heterocycles. The number of aromatic nitrogens is 4. The average Bonchev–Trinajstić information content (AvgIpc) is 3.27. The number of fused-ring (bicyclic) bond motifs is 2. The molecule has 1 aliphatic rings. The van der Waals surface area contributed by atoms with Crippen LogP contribution in [0.2, 0.25) is 0 Å². The third-order valence-corrected chi connectivity index (χ3v) is 6.12. The number of nitrogens with zero attached hydrogens (tertiary/aromatic N) is 4. The van der Waals surface area contributed by atoms with E-state index in [2.05, 4.69) is 57.0 Å². The quantitative estimate of drug-likeness (QED) is 0.595. The zero-order valence-electron chi connectivity index (χ0n) is 14.5. The zero-order chi connectivity index (χ0) is 17.0. The summed E-state index contributed by atoms with van der Waals surface area (Å²) >= 11 is 1.78. The number of nitrogens with one attached hydrogen (secondary N) is 1. The van der Waals surface area contributed by atoms with Crippen LogP contribution in [0.1, 0.15) is 30.1 Å². The molecule has 0 saturated carbocycles. The van der Waals surface area contributed by atoms with Gasteiger partial charge in [0.1, 0.15) is 10.5 Å². The van der Waals surface area contributed by atoms with E-state index in [0.717, 1.165) is 42.1 Å². The van der Waals surface area contributed by atoms with Crippen molar-refractivity contribution in [3.05, 3.63) is 42.0 Å². The predicted octanol–water partition coefficient (Wildman–Crippen LogP) is 3.95. The van der Waals surface area contributed by atoms with Gasteiger partial charge in [0.2, 0.25) is 0 Å². The molecule has 1 aliphatic heterocycles. The van der Waals surface area contributed by atoms with Crippen molar-refractivity contribution in [1.82, 2.24) is 24.5 Å². The molecule has 1 N–H and O–H groups in total. The Morgan fingerprint density at radius 2 is 1.96 bits per heavy atom. The second-order valence-electron chi connectivity index (χ2n) is 6.99. The molecule has 1 saturated heterocycles. The van der Waals surface area contributed by atoms with Crippen LogP contribution in [-0.4, -0.2) is 32.3 Å². The van der Waals surface area contributed by atoms with E-state index in [1.54, 1.807) is 11.3 Å². The fraction of sp³-hybridized carbons (Fsp3) is 0.368. The van der Waals surface area contributed by atoms with Gasteiger partial charge in [0.05, 0.1) is 11.7 Å². The van der Waals surface area contributed by atoms with E-state index in [4.69, 9.17) is 5.10 Å². The number of hydrogen-bond acceptors (Lipinski definition) is 4. The number of hydrogen-bond donors (Lipinski definition) is 1. The Balaban J connectivity index is 1.53. The van der Waals surface area contributed by atoms with Gasteiger partial charge in [-0.1, -0.05) is 0 Å². The van der Waals surface area contributed by atoms with Crippen LogP contribution < -0.4 is 5.32 Å². The first kappa shape index (κ1) is 15.1. The van der Waals surface area contributed by atoms with Crippen molar-refractivity contribution in [2.75, 3.05) is 13.1 Å².